The van der Waals surface area contributed by atoms with Gasteiger partial charge in [0.2, 0.25) is 0 Å². The zero-order valence-corrected chi connectivity index (χ0v) is 34.4. The van der Waals surface area contributed by atoms with Gasteiger partial charge in [-0.15, -0.1) is 0 Å². The number of benzene rings is 2. The highest BCUT2D eigenvalue weighted by molar-refractivity contribution is 5.87. The van der Waals surface area contributed by atoms with Gasteiger partial charge in [0, 0.05) is 16.6 Å². The summed E-state index contributed by atoms with van der Waals surface area (Å²) < 4.78 is 65.4. The van der Waals surface area contributed by atoms with Crippen LogP contribution in [-0.2, 0) is 62.4 Å². The lowest BCUT2D eigenvalue weighted by Crippen LogP contribution is -2.19. The molecule has 0 atom stereocenters. The maximum absolute atomic E-state index is 11.3. The van der Waals surface area contributed by atoms with Crippen LogP contribution in [-0.4, -0.2) is 144 Å². The third-order valence-electron chi connectivity index (χ3n) is 8.00. The van der Waals surface area contributed by atoms with Crippen molar-refractivity contribution in [2.45, 2.75) is 33.1 Å². The van der Waals surface area contributed by atoms with Crippen molar-refractivity contribution in [2.24, 2.45) is 0 Å². The Bertz CT molecular complexity index is 1270. The van der Waals surface area contributed by atoms with E-state index in [0.717, 1.165) is 11.5 Å². The molecule has 14 nitrogen and oxygen atoms in total. The number of ether oxygens (including phenoxy) is 12. The molecular formula is C43H64O14. The second-order valence-electron chi connectivity index (χ2n) is 13.1. The normalized spacial score (nSPS) is 11.3. The largest absolute Gasteiger partial charge is 0.491 e. The minimum absolute atomic E-state index is 0.191. The van der Waals surface area contributed by atoms with Crippen LogP contribution in [0.1, 0.15) is 38.8 Å². The second-order valence-corrected chi connectivity index (χ2v) is 13.1. The standard InChI is InChI=1S/C43H64O14/c1-35(2)41(44)56-33-29-52-25-21-48-17-15-46-19-23-50-27-31-54-39-11-7-37(8-12-39)43(5,6)38-9-13-40(14-10-38)55-32-28-51-24-20-47-16-18-49-22-26-53-30-34-57-42(45)36(3)4/h7-14H,1,3,15-34H2,2,4-6H3. The fourth-order valence-electron chi connectivity index (χ4n) is 4.70. The molecule has 2 aromatic rings. The summed E-state index contributed by atoms with van der Waals surface area (Å²) in [5.41, 5.74) is 2.85. The van der Waals surface area contributed by atoms with Crippen molar-refractivity contribution in [3.63, 3.8) is 0 Å². The molecule has 0 saturated heterocycles. The van der Waals surface area contributed by atoms with E-state index in [-0.39, 0.29) is 18.6 Å². The highest BCUT2D eigenvalue weighted by Gasteiger charge is 2.23. The van der Waals surface area contributed by atoms with E-state index in [4.69, 9.17) is 56.8 Å². The van der Waals surface area contributed by atoms with Crippen LogP contribution in [0.5, 0.6) is 11.5 Å². The molecule has 0 aliphatic rings. The van der Waals surface area contributed by atoms with Gasteiger partial charge in [-0.3, -0.25) is 0 Å². The second kappa shape index (κ2) is 31.2. The maximum atomic E-state index is 11.3. The van der Waals surface area contributed by atoms with Crippen molar-refractivity contribution < 1.29 is 66.4 Å². The Kier molecular flexibility index (Phi) is 27.0. The molecule has 0 unspecified atom stereocenters. The zero-order chi connectivity index (χ0) is 41.4. The molecule has 0 aliphatic carbocycles. The molecular weight excluding hydrogens is 740 g/mol. The van der Waals surface area contributed by atoms with Crippen LogP contribution in [0.25, 0.3) is 0 Å². The highest BCUT2D eigenvalue weighted by Crippen LogP contribution is 2.33. The Labute approximate surface area is 338 Å². The molecule has 0 aromatic heterocycles. The number of rotatable bonds is 36. The molecule has 0 aliphatic heterocycles. The molecule has 0 N–H and O–H groups in total. The quantitative estimate of drug-likeness (QED) is 0.0509. The van der Waals surface area contributed by atoms with E-state index in [0.29, 0.717) is 130 Å². The predicted molar refractivity (Wildman–Crippen MR) is 214 cm³/mol. The molecule has 0 saturated carbocycles. The fraction of sp³-hybridized carbons (Fsp3) is 0.581. The van der Waals surface area contributed by atoms with Gasteiger partial charge in [-0.1, -0.05) is 51.3 Å². The average molecular weight is 805 g/mol. The van der Waals surface area contributed by atoms with Gasteiger partial charge in [0.25, 0.3) is 0 Å². The van der Waals surface area contributed by atoms with E-state index in [2.05, 4.69) is 51.3 Å². The summed E-state index contributed by atoms with van der Waals surface area (Å²) in [7, 11) is 0. The van der Waals surface area contributed by atoms with Gasteiger partial charge in [-0.2, -0.15) is 0 Å². The van der Waals surface area contributed by atoms with E-state index in [1.165, 1.54) is 11.1 Å². The molecule has 0 radical (unpaired) electrons. The van der Waals surface area contributed by atoms with Crippen LogP contribution < -0.4 is 9.47 Å². The smallest absolute Gasteiger partial charge is 0.333 e. The summed E-state index contributed by atoms with van der Waals surface area (Å²) in [5, 5.41) is 0. The van der Waals surface area contributed by atoms with Crippen LogP contribution in [0.2, 0.25) is 0 Å². The van der Waals surface area contributed by atoms with Crippen LogP contribution in [0.4, 0.5) is 0 Å². The van der Waals surface area contributed by atoms with Crippen LogP contribution in [0, 0.1) is 0 Å². The van der Waals surface area contributed by atoms with Crippen molar-refractivity contribution in [2.75, 3.05) is 132 Å². The van der Waals surface area contributed by atoms with E-state index < -0.39 is 11.9 Å². The van der Waals surface area contributed by atoms with Crippen LogP contribution in [0.3, 0.4) is 0 Å². The lowest BCUT2D eigenvalue weighted by atomic mass is 9.78. The molecule has 0 heterocycles. The maximum Gasteiger partial charge on any atom is 0.333 e. The third kappa shape index (κ3) is 23.8. The van der Waals surface area contributed by atoms with Gasteiger partial charge in [0.15, 0.2) is 0 Å². The van der Waals surface area contributed by atoms with E-state index in [9.17, 15) is 9.59 Å². The molecule has 2 aromatic carbocycles. The zero-order valence-electron chi connectivity index (χ0n) is 34.4. The minimum atomic E-state index is -0.417. The first kappa shape index (κ1) is 49.3. The van der Waals surface area contributed by atoms with E-state index in [1.807, 2.05) is 24.3 Å². The predicted octanol–water partition coefficient (Wildman–Crippen LogP) is 5.14. The Morgan fingerprint density at radius 2 is 0.632 bits per heavy atom. The number of esters is 2. The third-order valence-corrected chi connectivity index (χ3v) is 8.00. The highest BCUT2D eigenvalue weighted by atomic mass is 16.6. The number of hydrogen-bond acceptors (Lipinski definition) is 14. The van der Waals surface area contributed by atoms with Gasteiger partial charge in [-0.25, -0.2) is 9.59 Å². The first-order chi connectivity index (χ1) is 27.6. The average Bonchev–Trinajstić information content (AvgIpc) is 3.20. The molecule has 14 heteroatoms. The van der Waals surface area contributed by atoms with Gasteiger partial charge >= 0.3 is 11.9 Å². The first-order valence-electron chi connectivity index (χ1n) is 19.3. The molecule has 0 fully saturated rings. The summed E-state index contributed by atoms with van der Waals surface area (Å²) in [6.45, 7) is 22.8. The molecule has 0 spiro atoms. The topological polar surface area (TPSA) is 145 Å². The number of carbonyl (C=O) groups excluding carboxylic acids is 2. The summed E-state index contributed by atoms with van der Waals surface area (Å²) in [6, 6.07) is 16.3. The summed E-state index contributed by atoms with van der Waals surface area (Å²) in [4.78, 5) is 22.5. The van der Waals surface area contributed by atoms with Crippen LogP contribution >= 0.6 is 0 Å². The van der Waals surface area contributed by atoms with Crippen molar-refractivity contribution in [3.8, 4) is 11.5 Å². The minimum Gasteiger partial charge on any atom is -0.491 e. The lowest BCUT2D eigenvalue weighted by Gasteiger charge is -2.26. The molecule has 0 amide bonds. The van der Waals surface area contributed by atoms with Crippen LogP contribution in [0.15, 0.2) is 72.8 Å². The summed E-state index contributed by atoms with van der Waals surface area (Å²) >= 11 is 0. The SMILES string of the molecule is C=C(C)C(=O)OCCOCCOCCOCCOCCOc1ccc(C(C)(C)c2ccc(OCCOCCOCCOCCOCCOC(=O)C(=C)C)cc2)cc1. The van der Waals surface area contributed by atoms with E-state index in [1.54, 1.807) is 13.8 Å². The van der Waals surface area contributed by atoms with Gasteiger partial charge in [0.05, 0.1) is 106 Å². The summed E-state index contributed by atoms with van der Waals surface area (Å²) in [5.74, 6) is 0.733. The van der Waals surface area contributed by atoms with Gasteiger partial charge < -0.3 is 56.8 Å². The monoisotopic (exact) mass is 804 g/mol. The summed E-state index contributed by atoms with van der Waals surface area (Å²) in [6.07, 6.45) is 0. The fourth-order valence-corrected chi connectivity index (χ4v) is 4.70. The van der Waals surface area contributed by atoms with Crippen molar-refractivity contribution in [1.29, 1.82) is 0 Å². The first-order valence-corrected chi connectivity index (χ1v) is 19.3. The lowest BCUT2D eigenvalue weighted by molar-refractivity contribution is -0.141. The molecule has 57 heavy (non-hydrogen) atoms. The van der Waals surface area contributed by atoms with Crippen molar-refractivity contribution >= 4 is 11.9 Å². The number of carbonyl (C=O) groups is 2. The van der Waals surface area contributed by atoms with Gasteiger partial charge in [-0.05, 0) is 49.2 Å². The van der Waals surface area contributed by atoms with Crippen molar-refractivity contribution in [1.82, 2.24) is 0 Å². The molecule has 0 bridgehead atoms. The van der Waals surface area contributed by atoms with Gasteiger partial charge in [0.1, 0.15) is 37.9 Å². The van der Waals surface area contributed by atoms with E-state index >= 15 is 0 Å². The number of hydrogen-bond donors (Lipinski definition) is 0. The Morgan fingerprint density at radius 3 is 0.877 bits per heavy atom. The Balaban J connectivity index is 1.44. The molecule has 320 valence electrons. The Morgan fingerprint density at radius 1 is 0.404 bits per heavy atom. The Hall–Kier alpha value is -3.86. The molecule has 2 rings (SSSR count). The van der Waals surface area contributed by atoms with Crippen molar-refractivity contribution in [3.05, 3.63) is 84.0 Å².